The largest absolute Gasteiger partial charge is 0.459 e. The number of hydrogen-bond acceptors (Lipinski definition) is 4. The van der Waals surface area contributed by atoms with Gasteiger partial charge in [0.25, 0.3) is 11.8 Å². The van der Waals surface area contributed by atoms with Gasteiger partial charge >= 0.3 is 6.18 Å². The molecular weight excluding hydrogens is 427 g/mol. The molecule has 0 bridgehead atoms. The number of alkyl halides is 3. The zero-order valence-corrected chi connectivity index (χ0v) is 16.8. The maximum atomic E-state index is 13.1. The second-order valence-corrected chi connectivity index (χ2v) is 6.73. The number of amides is 3. The molecule has 0 unspecified atom stereocenters. The Bertz CT molecular complexity index is 1130. The number of carbonyl (C=O) groups is 3. The number of rotatable bonds is 6. The molecule has 2 N–H and O–H groups in total. The van der Waals surface area contributed by atoms with Crippen molar-refractivity contribution in [1.29, 1.82) is 0 Å². The number of carbonyl (C=O) groups excluding carboxylic acids is 3. The lowest BCUT2D eigenvalue weighted by Gasteiger charge is -2.20. The maximum absolute atomic E-state index is 13.1. The predicted molar refractivity (Wildman–Crippen MR) is 110 cm³/mol. The van der Waals surface area contributed by atoms with Crippen LogP contribution in [0.4, 0.5) is 24.5 Å². The smallest absolute Gasteiger partial charge is 0.418 e. The Balaban J connectivity index is 1.70. The summed E-state index contributed by atoms with van der Waals surface area (Å²) < 4.78 is 44.3. The monoisotopic (exact) mass is 445 g/mol. The van der Waals surface area contributed by atoms with E-state index < -0.39 is 41.7 Å². The zero-order chi connectivity index (χ0) is 23.3. The van der Waals surface area contributed by atoms with Crippen molar-refractivity contribution in [2.24, 2.45) is 0 Å². The van der Waals surface area contributed by atoms with Crippen molar-refractivity contribution in [3.05, 3.63) is 83.8 Å². The molecule has 3 amide bonds. The van der Waals surface area contributed by atoms with Crippen LogP contribution >= 0.6 is 0 Å². The van der Waals surface area contributed by atoms with E-state index in [4.69, 9.17) is 4.42 Å². The fraction of sp³-hybridized carbons (Fsp3) is 0.136. The summed E-state index contributed by atoms with van der Waals surface area (Å²) in [4.78, 5) is 38.4. The van der Waals surface area contributed by atoms with Crippen molar-refractivity contribution in [2.75, 3.05) is 24.2 Å². The van der Waals surface area contributed by atoms with Gasteiger partial charge in [0.1, 0.15) is 0 Å². The Hall–Kier alpha value is -4.08. The molecule has 1 aromatic heterocycles. The Morgan fingerprint density at radius 3 is 2.22 bits per heavy atom. The van der Waals surface area contributed by atoms with E-state index in [1.54, 1.807) is 12.1 Å². The minimum Gasteiger partial charge on any atom is -0.459 e. The van der Waals surface area contributed by atoms with E-state index >= 15 is 0 Å². The molecule has 10 heteroatoms. The fourth-order valence-corrected chi connectivity index (χ4v) is 2.89. The van der Waals surface area contributed by atoms with Crippen LogP contribution in [0.15, 0.2) is 71.3 Å². The number of nitrogens with one attached hydrogen (secondary N) is 2. The first-order chi connectivity index (χ1) is 15.2. The number of nitrogens with zero attached hydrogens (tertiary/aromatic N) is 1. The highest BCUT2D eigenvalue weighted by Gasteiger charge is 2.33. The highest BCUT2D eigenvalue weighted by molar-refractivity contribution is 6.08. The van der Waals surface area contributed by atoms with E-state index in [0.717, 1.165) is 17.0 Å². The van der Waals surface area contributed by atoms with Crippen LogP contribution in [0, 0.1) is 0 Å². The predicted octanol–water partition coefficient (Wildman–Crippen LogP) is 4.26. The molecule has 0 atom stereocenters. The Kier molecular flexibility index (Phi) is 6.62. The van der Waals surface area contributed by atoms with Crippen molar-refractivity contribution in [2.45, 2.75) is 6.18 Å². The van der Waals surface area contributed by atoms with Crippen LogP contribution in [0.3, 0.4) is 0 Å². The van der Waals surface area contributed by atoms with Gasteiger partial charge in [-0.05, 0) is 36.4 Å². The van der Waals surface area contributed by atoms with Gasteiger partial charge in [0, 0.05) is 7.05 Å². The minimum absolute atomic E-state index is 0.0447. The molecule has 32 heavy (non-hydrogen) atoms. The van der Waals surface area contributed by atoms with Crippen molar-refractivity contribution in [1.82, 2.24) is 4.90 Å². The summed E-state index contributed by atoms with van der Waals surface area (Å²) in [5.41, 5.74) is -1.11. The van der Waals surface area contributed by atoms with Crippen LogP contribution in [0.1, 0.15) is 26.5 Å². The van der Waals surface area contributed by atoms with Gasteiger partial charge < -0.3 is 20.0 Å². The summed E-state index contributed by atoms with van der Waals surface area (Å²) in [6.07, 6.45) is -3.31. The van der Waals surface area contributed by atoms with E-state index in [9.17, 15) is 27.6 Å². The van der Waals surface area contributed by atoms with Crippen LogP contribution in [0.2, 0.25) is 0 Å². The number of halogens is 3. The number of hydrogen-bond donors (Lipinski definition) is 2. The summed E-state index contributed by atoms with van der Waals surface area (Å²) >= 11 is 0. The average molecular weight is 445 g/mol. The molecule has 0 radical (unpaired) electrons. The van der Waals surface area contributed by atoms with Crippen molar-refractivity contribution in [3.63, 3.8) is 0 Å². The fourth-order valence-electron chi connectivity index (χ4n) is 2.89. The molecule has 7 nitrogen and oxygen atoms in total. The highest BCUT2D eigenvalue weighted by Crippen LogP contribution is 2.34. The van der Waals surface area contributed by atoms with Gasteiger partial charge in [-0.1, -0.05) is 24.3 Å². The molecule has 2 aromatic carbocycles. The third kappa shape index (κ3) is 5.34. The van der Waals surface area contributed by atoms with E-state index in [1.165, 1.54) is 49.7 Å². The van der Waals surface area contributed by atoms with Gasteiger partial charge in [-0.25, -0.2) is 0 Å². The lowest BCUT2D eigenvalue weighted by atomic mass is 10.1. The minimum atomic E-state index is -4.64. The summed E-state index contributed by atoms with van der Waals surface area (Å²) in [7, 11) is 1.32. The van der Waals surface area contributed by atoms with Gasteiger partial charge in [-0.3, -0.25) is 14.4 Å². The summed E-state index contributed by atoms with van der Waals surface area (Å²) in [5, 5.41) is 4.74. The molecule has 0 fully saturated rings. The number of benzene rings is 2. The van der Waals surface area contributed by atoms with E-state index in [1.807, 2.05) is 0 Å². The van der Waals surface area contributed by atoms with Gasteiger partial charge in [-0.2, -0.15) is 13.2 Å². The first kappa shape index (κ1) is 22.6. The summed E-state index contributed by atoms with van der Waals surface area (Å²) in [5.74, 6) is -1.95. The quantitative estimate of drug-likeness (QED) is 0.593. The van der Waals surface area contributed by atoms with Crippen LogP contribution in [0.5, 0.6) is 0 Å². The summed E-state index contributed by atoms with van der Waals surface area (Å²) in [6.45, 7) is -0.508. The third-order valence-corrected chi connectivity index (χ3v) is 4.38. The van der Waals surface area contributed by atoms with Crippen molar-refractivity contribution >= 4 is 29.1 Å². The number of furan rings is 1. The SMILES string of the molecule is CN(CC(=O)Nc1ccccc1C(F)(F)F)C(=O)c1ccccc1NC(=O)c1ccco1. The van der Waals surface area contributed by atoms with Gasteiger partial charge in [0.15, 0.2) is 5.76 Å². The lowest BCUT2D eigenvalue weighted by Crippen LogP contribution is -2.35. The Morgan fingerprint density at radius 1 is 0.906 bits per heavy atom. The van der Waals surface area contributed by atoms with Crippen molar-refractivity contribution < 1.29 is 32.0 Å². The van der Waals surface area contributed by atoms with Gasteiger partial charge in [0.05, 0.1) is 35.3 Å². The third-order valence-electron chi connectivity index (χ3n) is 4.38. The lowest BCUT2D eigenvalue weighted by molar-refractivity contribution is -0.137. The standard InChI is InChI=1S/C22H18F3N3O4/c1-28(13-19(29)26-17-10-5-3-8-15(17)22(23,24)25)21(31)14-7-2-4-9-16(14)27-20(30)18-11-6-12-32-18/h2-12H,13H2,1H3,(H,26,29)(H,27,30). The first-order valence-corrected chi connectivity index (χ1v) is 9.32. The normalized spacial score (nSPS) is 11.0. The van der Waals surface area contributed by atoms with Gasteiger partial charge in [0.2, 0.25) is 5.91 Å². The number of para-hydroxylation sites is 2. The highest BCUT2D eigenvalue weighted by atomic mass is 19.4. The van der Waals surface area contributed by atoms with Crippen LogP contribution < -0.4 is 10.6 Å². The Labute approximate surface area is 180 Å². The van der Waals surface area contributed by atoms with E-state index in [-0.39, 0.29) is 17.0 Å². The number of likely N-dealkylation sites (N-methyl/N-ethyl adjacent to an activating group) is 1. The van der Waals surface area contributed by atoms with Crippen molar-refractivity contribution in [3.8, 4) is 0 Å². The average Bonchev–Trinajstić information content (AvgIpc) is 3.28. The first-order valence-electron chi connectivity index (χ1n) is 9.32. The zero-order valence-electron chi connectivity index (χ0n) is 16.8. The van der Waals surface area contributed by atoms with Crippen LogP contribution in [0.25, 0.3) is 0 Å². The van der Waals surface area contributed by atoms with Gasteiger partial charge in [-0.15, -0.1) is 0 Å². The number of anilines is 2. The molecule has 0 aliphatic heterocycles. The van der Waals surface area contributed by atoms with E-state index in [0.29, 0.717) is 0 Å². The van der Waals surface area contributed by atoms with E-state index in [2.05, 4.69) is 10.6 Å². The second-order valence-electron chi connectivity index (χ2n) is 6.73. The Morgan fingerprint density at radius 2 is 1.56 bits per heavy atom. The molecule has 0 saturated carbocycles. The molecule has 1 heterocycles. The molecule has 0 aliphatic carbocycles. The maximum Gasteiger partial charge on any atom is 0.418 e. The molecule has 3 aromatic rings. The molecule has 0 saturated heterocycles. The molecule has 3 rings (SSSR count). The second kappa shape index (κ2) is 9.38. The molecule has 0 spiro atoms. The summed E-state index contributed by atoms with van der Waals surface area (Å²) in [6, 6.07) is 13.7. The molecular formula is C22H18F3N3O4. The topological polar surface area (TPSA) is 91.7 Å². The van der Waals surface area contributed by atoms with Crippen LogP contribution in [-0.2, 0) is 11.0 Å². The molecule has 0 aliphatic rings. The molecule has 166 valence electrons. The van der Waals surface area contributed by atoms with Crippen LogP contribution in [-0.4, -0.2) is 36.2 Å².